The lowest BCUT2D eigenvalue weighted by atomic mass is 10.1. The molecule has 1 saturated heterocycles. The van der Waals surface area contributed by atoms with Crippen molar-refractivity contribution in [3.8, 4) is 5.75 Å². The maximum Gasteiger partial charge on any atom is 0.251 e. The van der Waals surface area contributed by atoms with Crippen molar-refractivity contribution in [3.63, 3.8) is 0 Å². The second kappa shape index (κ2) is 10.6. The third-order valence-electron chi connectivity index (χ3n) is 5.53. The van der Waals surface area contributed by atoms with Crippen LogP contribution in [-0.4, -0.2) is 41.0 Å². The monoisotopic (exact) mass is 435 g/mol. The predicted molar refractivity (Wildman–Crippen MR) is 125 cm³/mol. The Morgan fingerprint density at radius 1 is 1.16 bits per heavy atom. The van der Waals surface area contributed by atoms with Gasteiger partial charge in [-0.3, -0.25) is 14.7 Å². The summed E-state index contributed by atoms with van der Waals surface area (Å²) in [5, 5.41) is 5.14. The Bertz CT molecular complexity index is 937. The Morgan fingerprint density at radius 2 is 1.97 bits per heavy atom. The number of piperidine rings is 1. The van der Waals surface area contributed by atoms with Gasteiger partial charge in [0.2, 0.25) is 0 Å². The number of carbonyl (C=O) groups is 1. The molecule has 0 aliphatic carbocycles. The number of carbonyl (C=O) groups excluding carboxylic acids is 1. The van der Waals surface area contributed by atoms with Crippen molar-refractivity contribution in [2.24, 2.45) is 0 Å². The number of likely N-dealkylation sites (tertiary alicyclic amines) is 1. The third-order valence-corrected chi connectivity index (χ3v) is 6.43. The van der Waals surface area contributed by atoms with Crippen LogP contribution in [-0.2, 0) is 13.0 Å². The molecule has 6 heteroatoms. The summed E-state index contributed by atoms with van der Waals surface area (Å²) in [5.74, 6) is 0.782. The van der Waals surface area contributed by atoms with E-state index in [9.17, 15) is 4.79 Å². The molecule has 0 radical (unpaired) electrons. The number of ether oxygens (including phenoxy) is 1. The summed E-state index contributed by atoms with van der Waals surface area (Å²) in [6.45, 7) is 4.94. The molecule has 5 nitrogen and oxygen atoms in total. The van der Waals surface area contributed by atoms with Gasteiger partial charge < -0.3 is 10.1 Å². The topological polar surface area (TPSA) is 54.5 Å². The van der Waals surface area contributed by atoms with Crippen molar-refractivity contribution >= 4 is 17.2 Å². The molecule has 1 aliphatic heterocycles. The highest BCUT2D eigenvalue weighted by atomic mass is 32.1. The van der Waals surface area contributed by atoms with Gasteiger partial charge in [-0.1, -0.05) is 12.1 Å². The summed E-state index contributed by atoms with van der Waals surface area (Å²) >= 11 is 1.72. The van der Waals surface area contributed by atoms with Crippen LogP contribution in [0.25, 0.3) is 0 Å². The van der Waals surface area contributed by atoms with E-state index in [-0.39, 0.29) is 18.1 Å². The minimum Gasteiger partial charge on any atom is -0.490 e. The van der Waals surface area contributed by atoms with E-state index in [1.807, 2.05) is 55.6 Å². The summed E-state index contributed by atoms with van der Waals surface area (Å²) in [7, 11) is 0. The minimum absolute atomic E-state index is 0.0431. The highest BCUT2D eigenvalue weighted by molar-refractivity contribution is 7.09. The SMILES string of the molecule is C[C@@H](Cc1cccs1)NC(=O)c1ccc(OC2CCN(Cc3ccccn3)CC2)cc1. The van der Waals surface area contributed by atoms with Gasteiger partial charge in [-0.05, 0) is 67.6 Å². The number of thiophene rings is 1. The molecule has 1 fully saturated rings. The van der Waals surface area contributed by atoms with Gasteiger partial charge >= 0.3 is 0 Å². The maximum absolute atomic E-state index is 12.5. The van der Waals surface area contributed by atoms with Gasteiger partial charge in [0.1, 0.15) is 11.9 Å². The van der Waals surface area contributed by atoms with Crippen LogP contribution < -0.4 is 10.1 Å². The zero-order chi connectivity index (χ0) is 21.5. The average molecular weight is 436 g/mol. The number of aromatic nitrogens is 1. The van der Waals surface area contributed by atoms with Crippen molar-refractivity contribution in [1.29, 1.82) is 0 Å². The van der Waals surface area contributed by atoms with Crippen LogP contribution >= 0.6 is 11.3 Å². The first kappa shape index (κ1) is 21.5. The maximum atomic E-state index is 12.5. The van der Waals surface area contributed by atoms with Crippen LogP contribution in [0.2, 0.25) is 0 Å². The average Bonchev–Trinajstić information content (AvgIpc) is 3.29. The van der Waals surface area contributed by atoms with Crippen molar-refractivity contribution in [2.75, 3.05) is 13.1 Å². The van der Waals surface area contributed by atoms with Crippen LogP contribution in [0.1, 0.15) is 40.7 Å². The fourth-order valence-corrected chi connectivity index (χ4v) is 4.71. The van der Waals surface area contributed by atoms with E-state index in [0.29, 0.717) is 5.56 Å². The summed E-state index contributed by atoms with van der Waals surface area (Å²) in [5.41, 5.74) is 1.77. The summed E-state index contributed by atoms with van der Waals surface area (Å²) < 4.78 is 6.17. The van der Waals surface area contributed by atoms with Crippen molar-refractivity contribution in [3.05, 3.63) is 82.3 Å². The molecule has 0 bridgehead atoms. The molecule has 1 aliphatic rings. The lowest BCUT2D eigenvalue weighted by Gasteiger charge is -2.31. The van der Waals surface area contributed by atoms with Gasteiger partial charge in [0.25, 0.3) is 5.91 Å². The second-order valence-corrected chi connectivity index (χ2v) is 9.13. The van der Waals surface area contributed by atoms with Crippen molar-refractivity contribution in [2.45, 2.75) is 44.9 Å². The van der Waals surface area contributed by atoms with E-state index < -0.39 is 0 Å². The van der Waals surface area contributed by atoms with Crippen molar-refractivity contribution in [1.82, 2.24) is 15.2 Å². The van der Waals surface area contributed by atoms with Gasteiger partial charge in [0.15, 0.2) is 0 Å². The summed E-state index contributed by atoms with van der Waals surface area (Å²) in [6, 6.07) is 17.8. The van der Waals surface area contributed by atoms with Crippen molar-refractivity contribution < 1.29 is 9.53 Å². The van der Waals surface area contributed by atoms with Crippen LogP contribution in [0.3, 0.4) is 0 Å². The molecule has 3 heterocycles. The summed E-state index contributed by atoms with van der Waals surface area (Å²) in [6.07, 6.45) is 4.90. The van der Waals surface area contributed by atoms with Gasteiger partial charge in [-0.15, -0.1) is 11.3 Å². The lowest BCUT2D eigenvalue weighted by molar-refractivity contribution is 0.0938. The quantitative estimate of drug-likeness (QED) is 0.564. The Morgan fingerprint density at radius 3 is 2.65 bits per heavy atom. The van der Waals surface area contributed by atoms with Crippen LogP contribution in [0.5, 0.6) is 5.75 Å². The van der Waals surface area contributed by atoms with Crippen LogP contribution in [0, 0.1) is 0 Å². The van der Waals surface area contributed by atoms with Crippen LogP contribution in [0.15, 0.2) is 66.2 Å². The number of pyridine rings is 1. The van der Waals surface area contributed by atoms with E-state index in [4.69, 9.17) is 4.74 Å². The molecule has 162 valence electrons. The smallest absolute Gasteiger partial charge is 0.251 e. The summed E-state index contributed by atoms with van der Waals surface area (Å²) in [4.78, 5) is 20.6. The number of amides is 1. The molecule has 31 heavy (non-hydrogen) atoms. The predicted octanol–water partition coefficient (Wildman–Crippen LogP) is 4.55. The van der Waals surface area contributed by atoms with Gasteiger partial charge in [0.05, 0.1) is 5.69 Å². The first-order chi connectivity index (χ1) is 15.2. The first-order valence-electron chi connectivity index (χ1n) is 10.9. The zero-order valence-electron chi connectivity index (χ0n) is 17.9. The third kappa shape index (κ3) is 6.39. The van der Waals surface area contributed by atoms with Crippen LogP contribution in [0.4, 0.5) is 0 Å². The number of hydrogen-bond donors (Lipinski definition) is 1. The highest BCUT2D eigenvalue weighted by Crippen LogP contribution is 2.21. The number of rotatable bonds is 8. The molecule has 1 amide bonds. The minimum atomic E-state index is -0.0431. The number of nitrogens with zero attached hydrogens (tertiary/aromatic N) is 2. The zero-order valence-corrected chi connectivity index (χ0v) is 18.7. The molecule has 0 unspecified atom stereocenters. The van der Waals surface area contributed by atoms with E-state index in [1.54, 1.807) is 11.3 Å². The van der Waals surface area contributed by atoms with E-state index in [1.165, 1.54) is 4.88 Å². The molecular formula is C25H29N3O2S. The van der Waals surface area contributed by atoms with E-state index in [2.05, 4.69) is 32.7 Å². The Kier molecular flexibility index (Phi) is 7.33. The Balaban J connectivity index is 1.22. The molecular weight excluding hydrogens is 406 g/mol. The number of benzene rings is 1. The molecule has 1 N–H and O–H groups in total. The molecule has 0 saturated carbocycles. The van der Waals surface area contributed by atoms with E-state index >= 15 is 0 Å². The molecule has 4 rings (SSSR count). The Hall–Kier alpha value is -2.70. The largest absolute Gasteiger partial charge is 0.490 e. The lowest BCUT2D eigenvalue weighted by Crippen LogP contribution is -2.38. The Labute approximate surface area is 188 Å². The van der Waals surface area contributed by atoms with Gasteiger partial charge in [-0.2, -0.15) is 0 Å². The first-order valence-corrected chi connectivity index (χ1v) is 11.8. The normalized spacial score (nSPS) is 16.0. The second-order valence-electron chi connectivity index (χ2n) is 8.10. The number of hydrogen-bond acceptors (Lipinski definition) is 5. The molecule has 1 atom stereocenters. The highest BCUT2D eigenvalue weighted by Gasteiger charge is 2.21. The molecule has 2 aromatic heterocycles. The fourth-order valence-electron chi connectivity index (χ4n) is 3.87. The standard InChI is InChI=1S/C25H29N3O2S/c1-19(17-24-6-4-16-31-24)27-25(29)20-7-9-22(10-8-20)30-23-11-14-28(15-12-23)18-21-5-2-3-13-26-21/h2-10,13,16,19,23H,11-12,14-15,17-18H2,1H3,(H,27,29)/t19-/m0/s1. The van der Waals surface area contributed by atoms with Gasteiger partial charge in [-0.25, -0.2) is 0 Å². The number of nitrogens with one attached hydrogen (secondary N) is 1. The van der Waals surface area contributed by atoms with Gasteiger partial charge in [0, 0.05) is 48.7 Å². The molecule has 0 spiro atoms. The molecule has 1 aromatic carbocycles. The fraction of sp³-hybridized carbons (Fsp3) is 0.360. The molecule has 3 aromatic rings. The van der Waals surface area contributed by atoms with E-state index in [0.717, 1.165) is 50.3 Å².